The largest absolute Gasteiger partial charge is 0.379 e. The number of piperidine rings is 1. The number of likely N-dealkylation sites (tertiary alicyclic amines) is 1. The molecule has 1 atom stereocenters. The van der Waals surface area contributed by atoms with Gasteiger partial charge in [0.05, 0.1) is 13.2 Å². The summed E-state index contributed by atoms with van der Waals surface area (Å²) in [6.07, 6.45) is 6.15. The third-order valence-electron chi connectivity index (χ3n) is 6.40. The van der Waals surface area contributed by atoms with Crippen LogP contribution >= 0.6 is 11.6 Å². The van der Waals surface area contributed by atoms with Gasteiger partial charge in [-0.15, -0.1) is 0 Å². The van der Waals surface area contributed by atoms with Crippen molar-refractivity contribution in [3.8, 4) is 0 Å². The van der Waals surface area contributed by atoms with E-state index < -0.39 is 0 Å². The van der Waals surface area contributed by atoms with Gasteiger partial charge in [0.25, 0.3) is 0 Å². The summed E-state index contributed by atoms with van der Waals surface area (Å²) in [5.74, 6) is 0. The lowest BCUT2D eigenvalue weighted by Crippen LogP contribution is -2.51. The number of rotatable bonds is 6. The van der Waals surface area contributed by atoms with E-state index in [1.807, 2.05) is 12.1 Å². The lowest BCUT2D eigenvalue weighted by molar-refractivity contribution is -0.00233. The molecular weight excluding hydrogens is 368 g/mol. The van der Waals surface area contributed by atoms with Crippen molar-refractivity contribution in [2.24, 2.45) is 0 Å². The molecule has 0 radical (unpaired) electrons. The minimum absolute atomic E-state index is 0.113. The van der Waals surface area contributed by atoms with Gasteiger partial charge in [0.15, 0.2) is 0 Å². The van der Waals surface area contributed by atoms with Crippen LogP contribution < -0.4 is 0 Å². The second-order valence-corrected chi connectivity index (χ2v) is 9.76. The van der Waals surface area contributed by atoms with Gasteiger partial charge in [-0.1, -0.05) is 49.2 Å². The van der Waals surface area contributed by atoms with Crippen molar-refractivity contribution in [1.82, 2.24) is 9.80 Å². The van der Waals surface area contributed by atoms with Crippen molar-refractivity contribution in [3.63, 3.8) is 0 Å². The summed E-state index contributed by atoms with van der Waals surface area (Å²) in [5.41, 5.74) is 2.89. The highest BCUT2D eigenvalue weighted by Gasteiger charge is 2.32. The summed E-state index contributed by atoms with van der Waals surface area (Å²) in [6, 6.07) is 9.63. The van der Waals surface area contributed by atoms with Crippen molar-refractivity contribution < 1.29 is 4.74 Å². The van der Waals surface area contributed by atoms with Gasteiger partial charge < -0.3 is 4.74 Å². The SMILES string of the molecule is CC(C)=CC(CC(C)(C)c1ccc(Cl)cc1)N1CCC(N2CCOCC2)CC1. The minimum atomic E-state index is 0.113. The lowest BCUT2D eigenvalue weighted by atomic mass is 9.78. The Labute approximate surface area is 176 Å². The Bertz CT molecular complexity index is 637. The second-order valence-electron chi connectivity index (χ2n) is 9.32. The van der Waals surface area contributed by atoms with E-state index in [-0.39, 0.29) is 5.41 Å². The molecule has 0 aromatic heterocycles. The van der Waals surface area contributed by atoms with Gasteiger partial charge in [0, 0.05) is 43.3 Å². The van der Waals surface area contributed by atoms with Crippen LogP contribution in [0.4, 0.5) is 0 Å². The average molecular weight is 405 g/mol. The van der Waals surface area contributed by atoms with Gasteiger partial charge in [-0.25, -0.2) is 0 Å². The van der Waals surface area contributed by atoms with Crippen LogP contribution in [0.1, 0.15) is 52.5 Å². The van der Waals surface area contributed by atoms with Crippen LogP contribution in [0, 0.1) is 0 Å². The number of benzene rings is 1. The Balaban J connectivity index is 1.65. The van der Waals surface area contributed by atoms with Crippen molar-refractivity contribution in [3.05, 3.63) is 46.5 Å². The Morgan fingerprint density at radius 1 is 1.11 bits per heavy atom. The molecule has 28 heavy (non-hydrogen) atoms. The van der Waals surface area contributed by atoms with Gasteiger partial charge in [-0.3, -0.25) is 9.80 Å². The van der Waals surface area contributed by atoms with E-state index in [2.05, 4.69) is 55.7 Å². The molecule has 3 nitrogen and oxygen atoms in total. The lowest BCUT2D eigenvalue weighted by Gasteiger charge is -2.43. The van der Waals surface area contributed by atoms with E-state index in [0.29, 0.717) is 6.04 Å². The van der Waals surface area contributed by atoms with Crippen LogP contribution in [-0.4, -0.2) is 61.3 Å². The van der Waals surface area contributed by atoms with E-state index in [1.54, 1.807) is 0 Å². The zero-order chi connectivity index (χ0) is 20.1. The van der Waals surface area contributed by atoms with Crippen LogP contribution in [0.3, 0.4) is 0 Å². The molecule has 2 heterocycles. The Morgan fingerprint density at radius 2 is 1.71 bits per heavy atom. The first-order valence-electron chi connectivity index (χ1n) is 10.8. The number of hydrogen-bond donors (Lipinski definition) is 0. The van der Waals surface area contributed by atoms with Crippen molar-refractivity contribution in [2.45, 2.75) is 64.5 Å². The number of nitrogens with zero attached hydrogens (tertiary/aromatic N) is 2. The van der Waals surface area contributed by atoms with Crippen LogP contribution in [0.5, 0.6) is 0 Å². The highest BCUT2D eigenvalue weighted by Crippen LogP contribution is 2.33. The molecule has 0 aliphatic carbocycles. The average Bonchev–Trinajstić information content (AvgIpc) is 2.68. The summed E-state index contributed by atoms with van der Waals surface area (Å²) in [6.45, 7) is 15.6. The molecule has 0 bridgehead atoms. The molecule has 156 valence electrons. The first-order chi connectivity index (χ1) is 13.3. The molecule has 2 saturated heterocycles. The summed E-state index contributed by atoms with van der Waals surface area (Å²) in [7, 11) is 0. The molecular formula is C24H37ClN2O. The molecule has 4 heteroatoms. The summed E-state index contributed by atoms with van der Waals surface area (Å²) in [4.78, 5) is 5.36. The second kappa shape index (κ2) is 9.75. The maximum absolute atomic E-state index is 6.11. The fraction of sp³-hybridized carbons (Fsp3) is 0.667. The smallest absolute Gasteiger partial charge is 0.0594 e. The first-order valence-corrected chi connectivity index (χ1v) is 11.2. The van der Waals surface area contributed by atoms with Crippen LogP contribution in [0.25, 0.3) is 0 Å². The third-order valence-corrected chi connectivity index (χ3v) is 6.65. The maximum atomic E-state index is 6.11. The maximum Gasteiger partial charge on any atom is 0.0594 e. The number of allylic oxidation sites excluding steroid dienone is 1. The molecule has 1 aromatic carbocycles. The zero-order valence-electron chi connectivity index (χ0n) is 18.1. The first kappa shape index (κ1) is 21.8. The molecule has 3 rings (SSSR count). The number of morpholine rings is 1. The van der Waals surface area contributed by atoms with Crippen LogP contribution in [0.15, 0.2) is 35.9 Å². The minimum Gasteiger partial charge on any atom is -0.379 e. The quantitative estimate of drug-likeness (QED) is 0.610. The van der Waals surface area contributed by atoms with Gasteiger partial charge in [-0.2, -0.15) is 0 Å². The Kier molecular flexibility index (Phi) is 7.60. The molecule has 0 amide bonds. The van der Waals surface area contributed by atoms with Gasteiger partial charge >= 0.3 is 0 Å². The Hall–Kier alpha value is -0.870. The van der Waals surface area contributed by atoms with Crippen molar-refractivity contribution in [2.75, 3.05) is 39.4 Å². The monoisotopic (exact) mass is 404 g/mol. The molecule has 0 N–H and O–H groups in total. The van der Waals surface area contributed by atoms with Gasteiger partial charge in [0.1, 0.15) is 0 Å². The number of ether oxygens (including phenoxy) is 1. The van der Waals surface area contributed by atoms with Gasteiger partial charge in [0.2, 0.25) is 0 Å². The highest BCUT2D eigenvalue weighted by molar-refractivity contribution is 6.30. The van der Waals surface area contributed by atoms with E-state index in [1.165, 1.54) is 37.1 Å². The molecule has 1 aromatic rings. The van der Waals surface area contributed by atoms with E-state index in [0.717, 1.165) is 43.8 Å². The van der Waals surface area contributed by atoms with Crippen molar-refractivity contribution in [1.29, 1.82) is 0 Å². The predicted molar refractivity (Wildman–Crippen MR) is 119 cm³/mol. The molecule has 2 aliphatic heterocycles. The summed E-state index contributed by atoms with van der Waals surface area (Å²) >= 11 is 6.11. The normalized spacial score (nSPS) is 21.5. The third kappa shape index (κ3) is 5.82. The molecule has 1 unspecified atom stereocenters. The van der Waals surface area contributed by atoms with E-state index >= 15 is 0 Å². The summed E-state index contributed by atoms with van der Waals surface area (Å²) in [5, 5.41) is 0.811. The van der Waals surface area contributed by atoms with Crippen LogP contribution in [-0.2, 0) is 10.2 Å². The standard InChI is InChI=1S/C24H37ClN2O/c1-19(2)17-23(18-24(3,4)20-5-7-21(25)8-6-20)26-11-9-22(10-12-26)27-13-15-28-16-14-27/h5-8,17,22-23H,9-16,18H2,1-4H3. The Morgan fingerprint density at radius 3 is 2.29 bits per heavy atom. The van der Waals surface area contributed by atoms with E-state index in [4.69, 9.17) is 16.3 Å². The molecule has 2 aliphatic rings. The molecule has 0 spiro atoms. The fourth-order valence-electron chi connectivity index (χ4n) is 4.75. The number of halogens is 1. The van der Waals surface area contributed by atoms with Crippen molar-refractivity contribution >= 4 is 11.6 Å². The predicted octanol–water partition coefficient (Wildman–Crippen LogP) is 5.14. The zero-order valence-corrected chi connectivity index (χ0v) is 18.8. The topological polar surface area (TPSA) is 15.7 Å². The van der Waals surface area contributed by atoms with E-state index in [9.17, 15) is 0 Å². The fourth-order valence-corrected chi connectivity index (χ4v) is 4.87. The van der Waals surface area contributed by atoms with Crippen LogP contribution in [0.2, 0.25) is 5.02 Å². The molecule has 0 saturated carbocycles. The highest BCUT2D eigenvalue weighted by atomic mass is 35.5. The number of hydrogen-bond acceptors (Lipinski definition) is 3. The molecule has 2 fully saturated rings. The van der Waals surface area contributed by atoms with Gasteiger partial charge in [-0.05, 0) is 56.2 Å². The summed E-state index contributed by atoms with van der Waals surface area (Å²) < 4.78 is 5.53.